The van der Waals surface area contributed by atoms with Crippen LogP contribution < -0.4 is 27.0 Å². The molecule has 0 aliphatic carbocycles. The summed E-state index contributed by atoms with van der Waals surface area (Å²) in [7, 11) is 0. The van der Waals surface area contributed by atoms with E-state index in [1.54, 1.807) is 60.7 Å². The predicted octanol–water partition coefficient (Wildman–Crippen LogP) is 9.06. The molecule has 0 saturated carbocycles. The highest BCUT2D eigenvalue weighted by Crippen LogP contribution is 2.40. The third-order valence-corrected chi connectivity index (χ3v) is 8.57. The summed E-state index contributed by atoms with van der Waals surface area (Å²) >= 11 is 0. The summed E-state index contributed by atoms with van der Waals surface area (Å²) in [5.41, 5.74) is 5.13. The van der Waals surface area contributed by atoms with E-state index in [0.717, 1.165) is 16.8 Å². The Kier molecular flexibility index (Phi) is 10.7. The standard InChI is InChI=1S/C25H19N5O2.C17H15N5O3/c1-15-26-21-12-11-18(14-22(21)27-15)28-25(32)20-13-16-7-5-6-10-19(16)23(24(20)31)30-29-17-8-3-2-4-9-17;1-10(23)15(16(24)18-11-5-3-2-4-6-11)22-21-12-7-8-13-14(9-12)20-17(25)19-13/h2-14,26-27,31H,1H2,(H,28,32);2-9,15H,1H3,(H,18,24)(H2,19,20,25). The minimum absolute atomic E-state index is 0.113. The van der Waals surface area contributed by atoms with Gasteiger partial charge in [-0.3, -0.25) is 14.4 Å². The summed E-state index contributed by atoms with van der Waals surface area (Å²) < 4.78 is 0. The van der Waals surface area contributed by atoms with Crippen LogP contribution in [0.3, 0.4) is 0 Å². The number of hydrogen-bond donors (Lipinski definition) is 7. The normalized spacial score (nSPS) is 12.4. The second-order valence-electron chi connectivity index (χ2n) is 12.7. The molecule has 0 saturated heterocycles. The highest BCUT2D eigenvalue weighted by molar-refractivity contribution is 6.12. The van der Waals surface area contributed by atoms with Crippen molar-refractivity contribution in [3.05, 3.63) is 156 Å². The SMILES string of the molecule is C=C1Nc2ccc(NC(=O)c3cc4ccccc4c(N=Nc4ccccc4)c3O)cc2N1.CC(=O)C(N=Nc1ccc2[nH]c(=O)[nH]c2c1)C(=O)Nc1ccccc1. The number of aromatic amines is 2. The molecular weight excluding hydrogens is 725 g/mol. The van der Waals surface area contributed by atoms with E-state index in [4.69, 9.17) is 0 Å². The van der Waals surface area contributed by atoms with Crippen molar-refractivity contribution in [1.82, 2.24) is 9.97 Å². The number of para-hydroxylation sites is 1. The molecule has 0 spiro atoms. The van der Waals surface area contributed by atoms with Crippen molar-refractivity contribution in [2.45, 2.75) is 13.0 Å². The zero-order valence-electron chi connectivity index (χ0n) is 30.3. The molecule has 1 unspecified atom stereocenters. The number of rotatable bonds is 9. The highest BCUT2D eigenvalue weighted by Gasteiger charge is 2.23. The number of Topliss-reactive ketones (excluding diaryl/α,β-unsaturated/α-hetero) is 1. The molecule has 15 heteroatoms. The lowest BCUT2D eigenvalue weighted by atomic mass is 10.0. The maximum absolute atomic E-state index is 13.1. The Morgan fingerprint density at radius 1 is 0.684 bits per heavy atom. The van der Waals surface area contributed by atoms with Crippen LogP contribution >= 0.6 is 0 Å². The van der Waals surface area contributed by atoms with Crippen molar-refractivity contribution in [2.75, 3.05) is 21.3 Å². The summed E-state index contributed by atoms with van der Waals surface area (Å²) in [6.07, 6.45) is 0. The van der Waals surface area contributed by atoms with Crippen molar-refractivity contribution >= 4 is 79.2 Å². The van der Waals surface area contributed by atoms with Gasteiger partial charge >= 0.3 is 5.69 Å². The molecule has 1 aromatic heterocycles. The number of hydrogen-bond acceptors (Lipinski definition) is 11. The van der Waals surface area contributed by atoms with Gasteiger partial charge < -0.3 is 36.3 Å². The molecule has 1 aliphatic rings. The van der Waals surface area contributed by atoms with Crippen LogP contribution in [0, 0.1) is 0 Å². The van der Waals surface area contributed by atoms with Gasteiger partial charge in [0.25, 0.3) is 11.8 Å². The Hall–Kier alpha value is -8.20. The van der Waals surface area contributed by atoms with E-state index in [0.29, 0.717) is 45.0 Å². The molecule has 6 aromatic carbocycles. The number of aromatic nitrogens is 2. The molecule has 0 radical (unpaired) electrons. The molecule has 0 bridgehead atoms. The largest absolute Gasteiger partial charge is 0.505 e. The van der Waals surface area contributed by atoms with Crippen molar-refractivity contribution in [2.24, 2.45) is 20.5 Å². The van der Waals surface area contributed by atoms with Crippen LogP contribution in [0.15, 0.2) is 165 Å². The molecule has 1 atom stereocenters. The van der Waals surface area contributed by atoms with Gasteiger partial charge in [-0.25, -0.2) is 4.79 Å². The van der Waals surface area contributed by atoms with Crippen LogP contribution in [0.5, 0.6) is 5.75 Å². The molecule has 15 nitrogen and oxygen atoms in total. The fraction of sp³-hybridized carbons (Fsp3) is 0.0476. The van der Waals surface area contributed by atoms with Gasteiger partial charge in [0, 0.05) is 16.8 Å². The topological polar surface area (TPSA) is 218 Å². The predicted molar refractivity (Wildman–Crippen MR) is 220 cm³/mol. The number of amides is 2. The average Bonchev–Trinajstić information content (AvgIpc) is 3.77. The van der Waals surface area contributed by atoms with Gasteiger partial charge in [-0.1, -0.05) is 67.2 Å². The summed E-state index contributed by atoms with van der Waals surface area (Å²) in [5.74, 6) is -0.986. The maximum Gasteiger partial charge on any atom is 0.323 e. The number of nitrogens with one attached hydrogen (secondary N) is 6. The average molecular weight is 759 g/mol. The number of nitrogens with zero attached hydrogens (tertiary/aromatic N) is 4. The van der Waals surface area contributed by atoms with Gasteiger partial charge in [0.1, 0.15) is 11.5 Å². The Labute approximate surface area is 324 Å². The van der Waals surface area contributed by atoms with Gasteiger partial charge in [0.2, 0.25) is 6.04 Å². The number of carbonyl (C=O) groups is 3. The van der Waals surface area contributed by atoms with Gasteiger partial charge in [-0.2, -0.15) is 15.3 Å². The molecule has 7 aromatic rings. The molecule has 1 aliphatic heterocycles. The first-order valence-corrected chi connectivity index (χ1v) is 17.5. The third-order valence-electron chi connectivity index (χ3n) is 8.57. The lowest BCUT2D eigenvalue weighted by Crippen LogP contribution is -2.31. The number of benzene rings is 6. The quantitative estimate of drug-likeness (QED) is 0.0559. The monoisotopic (exact) mass is 758 g/mol. The molecule has 7 N–H and O–H groups in total. The van der Waals surface area contributed by atoms with Crippen molar-refractivity contribution < 1.29 is 19.5 Å². The maximum atomic E-state index is 13.1. The number of imidazole rings is 1. The Balaban J connectivity index is 0.000000180. The molecule has 57 heavy (non-hydrogen) atoms. The van der Waals surface area contributed by atoms with Crippen LogP contribution in [0.2, 0.25) is 0 Å². The van der Waals surface area contributed by atoms with Crippen molar-refractivity contribution in [3.8, 4) is 5.75 Å². The van der Waals surface area contributed by atoms with Gasteiger partial charge in [0.15, 0.2) is 11.5 Å². The first kappa shape index (κ1) is 37.1. The number of phenols is 1. The number of ketones is 1. The Bertz CT molecular complexity index is 2780. The molecule has 8 rings (SSSR count). The number of aromatic hydroxyl groups is 1. The van der Waals surface area contributed by atoms with Crippen LogP contribution in [0.25, 0.3) is 21.8 Å². The highest BCUT2D eigenvalue weighted by atomic mass is 16.3. The Morgan fingerprint density at radius 3 is 2.16 bits per heavy atom. The fourth-order valence-electron chi connectivity index (χ4n) is 5.84. The number of anilines is 4. The summed E-state index contributed by atoms with van der Waals surface area (Å²) in [6, 6.07) is 36.1. The van der Waals surface area contributed by atoms with Crippen molar-refractivity contribution in [1.29, 1.82) is 0 Å². The molecule has 2 heterocycles. The zero-order valence-corrected chi connectivity index (χ0v) is 30.3. The molecule has 282 valence electrons. The van der Waals surface area contributed by atoms with Gasteiger partial charge in [0.05, 0.1) is 39.3 Å². The van der Waals surface area contributed by atoms with Crippen LogP contribution in [-0.2, 0) is 9.59 Å². The van der Waals surface area contributed by atoms with E-state index in [1.807, 2.05) is 66.7 Å². The van der Waals surface area contributed by atoms with Crippen LogP contribution in [-0.4, -0.2) is 38.7 Å². The third kappa shape index (κ3) is 8.79. The number of H-pyrrole nitrogens is 2. The molecule has 0 fully saturated rings. The summed E-state index contributed by atoms with van der Waals surface area (Å²) in [4.78, 5) is 53.5. The van der Waals surface area contributed by atoms with Crippen LogP contribution in [0.4, 0.5) is 39.8 Å². The van der Waals surface area contributed by atoms with E-state index >= 15 is 0 Å². The zero-order chi connectivity index (χ0) is 39.9. The minimum Gasteiger partial charge on any atom is -0.505 e. The van der Waals surface area contributed by atoms with Crippen molar-refractivity contribution in [3.63, 3.8) is 0 Å². The number of fused-ring (bicyclic) bond motifs is 3. The molecular formula is C42H34N10O5. The lowest BCUT2D eigenvalue weighted by Gasteiger charge is -2.11. The van der Waals surface area contributed by atoms with Gasteiger partial charge in [-0.15, -0.1) is 5.11 Å². The van der Waals surface area contributed by atoms with E-state index in [9.17, 15) is 24.3 Å². The second kappa shape index (κ2) is 16.4. The Morgan fingerprint density at radius 2 is 1.39 bits per heavy atom. The van der Waals surface area contributed by atoms with Gasteiger partial charge in [-0.05, 0) is 79.0 Å². The first-order valence-electron chi connectivity index (χ1n) is 17.5. The van der Waals surface area contributed by atoms with E-state index in [1.165, 1.54) is 6.92 Å². The smallest absolute Gasteiger partial charge is 0.323 e. The van der Waals surface area contributed by atoms with E-state index in [2.05, 4.69) is 58.3 Å². The molecule has 2 amide bonds. The fourth-order valence-corrected chi connectivity index (χ4v) is 5.84. The summed E-state index contributed by atoms with van der Waals surface area (Å²) in [6.45, 7) is 5.11. The first-order chi connectivity index (χ1) is 27.6. The summed E-state index contributed by atoms with van der Waals surface area (Å²) in [5, 5.41) is 40.4. The van der Waals surface area contributed by atoms with E-state index in [-0.39, 0.29) is 22.7 Å². The number of phenolic OH excluding ortho intramolecular Hbond substituents is 1. The lowest BCUT2D eigenvalue weighted by molar-refractivity contribution is -0.126. The number of carbonyl (C=O) groups excluding carboxylic acids is 3. The van der Waals surface area contributed by atoms with E-state index < -0.39 is 23.6 Å². The minimum atomic E-state index is -1.25. The number of azo groups is 2. The van der Waals surface area contributed by atoms with Crippen LogP contribution in [0.1, 0.15) is 17.3 Å². The second-order valence-corrected chi connectivity index (χ2v) is 12.7.